The maximum absolute atomic E-state index is 4.75. The van der Waals surface area contributed by atoms with Gasteiger partial charge >= 0.3 is 0 Å². The second kappa shape index (κ2) is 10.9. The van der Waals surface area contributed by atoms with Gasteiger partial charge in [0.2, 0.25) is 0 Å². The van der Waals surface area contributed by atoms with Crippen LogP contribution in [0.2, 0.25) is 0 Å². The van der Waals surface area contributed by atoms with Gasteiger partial charge in [-0.05, 0) is 38.9 Å². The van der Waals surface area contributed by atoms with Gasteiger partial charge < -0.3 is 15.5 Å². The molecule has 2 N–H and O–H groups in total. The van der Waals surface area contributed by atoms with E-state index >= 15 is 0 Å². The molecule has 26 heavy (non-hydrogen) atoms. The van der Waals surface area contributed by atoms with Gasteiger partial charge in [-0.1, -0.05) is 33.6 Å². The van der Waals surface area contributed by atoms with Crippen molar-refractivity contribution in [1.82, 2.24) is 20.5 Å². The van der Waals surface area contributed by atoms with Crippen molar-refractivity contribution in [3.05, 3.63) is 16.1 Å². The van der Waals surface area contributed by atoms with Gasteiger partial charge in [-0.25, -0.2) is 4.98 Å². The molecule has 5 nitrogen and oxygen atoms in total. The molecular weight excluding hydrogens is 342 g/mol. The lowest BCUT2D eigenvalue weighted by molar-refractivity contribution is 0.282. The maximum atomic E-state index is 4.75. The van der Waals surface area contributed by atoms with Gasteiger partial charge in [-0.15, -0.1) is 11.3 Å². The second-order valence-corrected chi connectivity index (χ2v) is 9.10. The van der Waals surface area contributed by atoms with E-state index in [4.69, 9.17) is 4.98 Å². The van der Waals surface area contributed by atoms with E-state index in [1.165, 1.54) is 62.4 Å². The predicted octanol–water partition coefficient (Wildman–Crippen LogP) is 3.41. The molecule has 0 radical (unpaired) electrons. The Morgan fingerprint density at radius 1 is 1.15 bits per heavy atom. The summed E-state index contributed by atoms with van der Waals surface area (Å²) in [7, 11) is 1.84. The smallest absolute Gasteiger partial charge is 0.190 e. The molecule has 0 aliphatic carbocycles. The van der Waals surface area contributed by atoms with Crippen molar-refractivity contribution in [1.29, 1.82) is 0 Å². The second-order valence-electron chi connectivity index (χ2n) is 8.16. The van der Waals surface area contributed by atoms with Crippen LogP contribution in [0.5, 0.6) is 0 Å². The summed E-state index contributed by atoms with van der Waals surface area (Å²) in [5, 5.41) is 10.2. The fourth-order valence-corrected chi connectivity index (χ4v) is 4.17. The summed E-state index contributed by atoms with van der Waals surface area (Å²) in [6.07, 6.45) is 7.65. The number of nitrogens with one attached hydrogen (secondary N) is 2. The molecule has 1 aromatic rings. The van der Waals surface area contributed by atoms with E-state index in [1.54, 1.807) is 11.3 Å². The molecular formula is C20H37N5S. The number of thiazole rings is 1. The summed E-state index contributed by atoms with van der Waals surface area (Å²) in [5.41, 5.74) is 1.32. The average molecular weight is 380 g/mol. The van der Waals surface area contributed by atoms with Crippen LogP contribution in [-0.4, -0.2) is 55.6 Å². The number of nitrogens with zero attached hydrogens (tertiary/aromatic N) is 3. The lowest BCUT2D eigenvalue weighted by Crippen LogP contribution is -2.39. The topological polar surface area (TPSA) is 52.6 Å². The predicted molar refractivity (Wildman–Crippen MR) is 113 cm³/mol. The third-order valence-electron chi connectivity index (χ3n) is 4.82. The minimum Gasteiger partial charge on any atom is -0.356 e. The number of aliphatic imine (C=N–C) groups is 1. The van der Waals surface area contributed by atoms with E-state index in [1.807, 2.05) is 7.05 Å². The normalized spacial score (nSPS) is 17.2. The third-order valence-corrected chi connectivity index (χ3v) is 5.73. The Morgan fingerprint density at radius 3 is 2.46 bits per heavy atom. The molecule has 0 unspecified atom stereocenters. The van der Waals surface area contributed by atoms with Crippen LogP contribution in [0.25, 0.3) is 0 Å². The highest BCUT2D eigenvalue weighted by molar-refractivity contribution is 7.09. The molecule has 1 aliphatic heterocycles. The Hall–Kier alpha value is -1.14. The van der Waals surface area contributed by atoms with Crippen LogP contribution in [0.15, 0.2) is 10.4 Å². The summed E-state index contributed by atoms with van der Waals surface area (Å²) < 4.78 is 0. The van der Waals surface area contributed by atoms with Crippen LogP contribution in [-0.2, 0) is 11.8 Å². The molecule has 1 aromatic heterocycles. The van der Waals surface area contributed by atoms with Crippen molar-refractivity contribution in [3.8, 4) is 0 Å². The first-order valence-corrected chi connectivity index (χ1v) is 11.0. The van der Waals surface area contributed by atoms with E-state index in [9.17, 15) is 0 Å². The number of hydrogen-bond acceptors (Lipinski definition) is 4. The van der Waals surface area contributed by atoms with Crippen molar-refractivity contribution in [2.24, 2.45) is 4.99 Å². The first-order chi connectivity index (χ1) is 12.5. The van der Waals surface area contributed by atoms with E-state index in [0.29, 0.717) is 0 Å². The highest BCUT2D eigenvalue weighted by Gasteiger charge is 2.17. The minimum absolute atomic E-state index is 0.132. The SMILES string of the molecule is CN=C(NCCCN1CCCCCC1)NCCc1nc(C(C)(C)C)cs1. The van der Waals surface area contributed by atoms with Crippen LogP contribution in [0, 0.1) is 0 Å². The van der Waals surface area contributed by atoms with Gasteiger partial charge in [0, 0.05) is 37.4 Å². The van der Waals surface area contributed by atoms with Crippen molar-refractivity contribution >= 4 is 17.3 Å². The Bertz CT molecular complexity index is 539. The minimum atomic E-state index is 0.132. The molecule has 0 spiro atoms. The van der Waals surface area contributed by atoms with Gasteiger partial charge in [-0.3, -0.25) is 4.99 Å². The van der Waals surface area contributed by atoms with Crippen molar-refractivity contribution in [2.75, 3.05) is 39.8 Å². The Morgan fingerprint density at radius 2 is 1.85 bits per heavy atom. The zero-order valence-electron chi connectivity index (χ0n) is 17.1. The Balaban J connectivity index is 1.61. The number of aromatic nitrogens is 1. The van der Waals surface area contributed by atoms with E-state index in [-0.39, 0.29) is 5.41 Å². The lowest BCUT2D eigenvalue weighted by Gasteiger charge is -2.20. The maximum Gasteiger partial charge on any atom is 0.190 e. The fraction of sp³-hybridized carbons (Fsp3) is 0.800. The molecule has 0 aromatic carbocycles. The van der Waals surface area contributed by atoms with Gasteiger partial charge in [0.1, 0.15) is 0 Å². The van der Waals surface area contributed by atoms with Gasteiger partial charge in [-0.2, -0.15) is 0 Å². The molecule has 1 saturated heterocycles. The number of rotatable bonds is 7. The fourth-order valence-electron chi connectivity index (χ4n) is 3.15. The summed E-state index contributed by atoms with van der Waals surface area (Å²) >= 11 is 1.76. The van der Waals surface area contributed by atoms with Crippen LogP contribution < -0.4 is 10.6 Å². The molecule has 1 aliphatic rings. The van der Waals surface area contributed by atoms with Crippen LogP contribution in [0.1, 0.15) is 63.6 Å². The molecule has 0 saturated carbocycles. The summed E-state index contributed by atoms with van der Waals surface area (Å²) in [6, 6.07) is 0. The molecule has 6 heteroatoms. The average Bonchev–Trinajstić information content (AvgIpc) is 2.94. The molecule has 2 heterocycles. The monoisotopic (exact) mass is 379 g/mol. The van der Waals surface area contributed by atoms with Crippen LogP contribution in [0.3, 0.4) is 0 Å². The Kier molecular flexibility index (Phi) is 8.85. The zero-order valence-corrected chi connectivity index (χ0v) is 17.9. The standard InChI is InChI=1S/C20H37N5S/c1-20(2,3)17-16-26-18(24-17)10-12-23-19(21-4)22-11-9-15-25-13-7-5-6-8-14-25/h16H,5-15H2,1-4H3,(H2,21,22,23). The van der Waals surface area contributed by atoms with Gasteiger partial charge in [0.15, 0.2) is 5.96 Å². The van der Waals surface area contributed by atoms with Crippen molar-refractivity contribution < 1.29 is 0 Å². The quantitative estimate of drug-likeness (QED) is 0.433. The van der Waals surface area contributed by atoms with Crippen LogP contribution >= 0.6 is 11.3 Å². The Labute approximate surface area is 163 Å². The molecule has 1 fully saturated rings. The summed E-state index contributed by atoms with van der Waals surface area (Å²) in [5.74, 6) is 0.897. The first-order valence-electron chi connectivity index (χ1n) is 10.1. The van der Waals surface area contributed by atoms with E-state index < -0.39 is 0 Å². The van der Waals surface area contributed by atoms with Crippen molar-refractivity contribution in [2.45, 2.75) is 64.7 Å². The largest absolute Gasteiger partial charge is 0.356 e. The highest BCUT2D eigenvalue weighted by Crippen LogP contribution is 2.23. The first kappa shape index (κ1) is 21.2. The van der Waals surface area contributed by atoms with E-state index in [0.717, 1.165) is 25.5 Å². The summed E-state index contributed by atoms with van der Waals surface area (Å²) in [6.45, 7) is 12.2. The van der Waals surface area contributed by atoms with Gasteiger partial charge in [0.25, 0.3) is 0 Å². The highest BCUT2D eigenvalue weighted by atomic mass is 32.1. The molecule has 0 amide bonds. The van der Waals surface area contributed by atoms with Crippen molar-refractivity contribution in [3.63, 3.8) is 0 Å². The molecule has 148 valence electrons. The lowest BCUT2D eigenvalue weighted by atomic mass is 9.93. The number of hydrogen-bond donors (Lipinski definition) is 2. The number of guanidine groups is 1. The molecule has 0 atom stereocenters. The van der Waals surface area contributed by atoms with Crippen LogP contribution in [0.4, 0.5) is 0 Å². The zero-order chi connectivity index (χ0) is 18.8. The third kappa shape index (κ3) is 7.62. The van der Waals surface area contributed by atoms with E-state index in [2.05, 4.69) is 46.7 Å². The molecule has 2 rings (SSSR count). The number of likely N-dealkylation sites (tertiary alicyclic amines) is 1. The van der Waals surface area contributed by atoms with Gasteiger partial charge in [0.05, 0.1) is 10.7 Å². The summed E-state index contributed by atoms with van der Waals surface area (Å²) in [4.78, 5) is 11.7. The molecule has 0 bridgehead atoms.